The number of aliphatic hydroxyl groups is 1. The lowest BCUT2D eigenvalue weighted by Crippen LogP contribution is -2.48. The fourth-order valence-corrected chi connectivity index (χ4v) is 3.99. The van der Waals surface area contributed by atoms with E-state index in [0.717, 1.165) is 21.8 Å². The van der Waals surface area contributed by atoms with Crippen molar-refractivity contribution in [3.63, 3.8) is 0 Å². The van der Waals surface area contributed by atoms with Gasteiger partial charge in [-0.1, -0.05) is 24.3 Å². The third-order valence-corrected chi connectivity index (χ3v) is 6.12. The fraction of sp³-hybridized carbons (Fsp3) is 0.409. The Morgan fingerprint density at radius 3 is 2.39 bits per heavy atom. The van der Waals surface area contributed by atoms with Gasteiger partial charge in [0.15, 0.2) is 0 Å². The smallest absolute Gasteiger partial charge is 0.230 e. The van der Waals surface area contributed by atoms with Crippen molar-refractivity contribution in [2.45, 2.75) is 29.3 Å². The van der Waals surface area contributed by atoms with Crippen LogP contribution in [0.25, 0.3) is 0 Å². The number of ether oxygens (including phenoxy) is 2. The first-order valence-electron chi connectivity index (χ1n) is 9.41. The molecule has 0 aliphatic carbocycles. The van der Waals surface area contributed by atoms with Crippen molar-refractivity contribution in [3.05, 3.63) is 59.7 Å². The minimum absolute atomic E-state index is 0.0687. The molecule has 3 rings (SSSR count). The van der Waals surface area contributed by atoms with Gasteiger partial charge in [0.05, 0.1) is 18.6 Å². The summed E-state index contributed by atoms with van der Waals surface area (Å²) in [6, 6.07) is 15.4. The summed E-state index contributed by atoms with van der Waals surface area (Å²) in [5, 5.41) is 13.5. The second-order valence-corrected chi connectivity index (χ2v) is 7.80. The summed E-state index contributed by atoms with van der Waals surface area (Å²) in [6.07, 6.45) is 2.50. The van der Waals surface area contributed by atoms with Crippen LogP contribution in [-0.2, 0) is 14.9 Å². The number of methoxy groups -OCH3 is 1. The van der Waals surface area contributed by atoms with Crippen molar-refractivity contribution in [2.24, 2.45) is 0 Å². The zero-order valence-corrected chi connectivity index (χ0v) is 17.1. The highest BCUT2D eigenvalue weighted by Gasteiger charge is 2.41. The third kappa shape index (κ3) is 4.51. The summed E-state index contributed by atoms with van der Waals surface area (Å²) >= 11 is 1.65. The number of rotatable bonds is 7. The quantitative estimate of drug-likeness (QED) is 0.697. The van der Waals surface area contributed by atoms with E-state index in [1.807, 2.05) is 54.8 Å². The van der Waals surface area contributed by atoms with E-state index in [2.05, 4.69) is 5.32 Å². The standard InChI is InChI=1S/C22H27NO4S/c1-26-18-7-5-17(6-8-18)22(11-13-27-14-12-22)21(25)23-15-20(24)16-3-9-19(28-2)10-4-16/h3-10,20,24H,11-15H2,1-2H3,(H,23,25). The molecule has 2 aromatic rings. The van der Waals surface area contributed by atoms with Crippen LogP contribution in [-0.4, -0.2) is 44.1 Å². The number of carbonyl (C=O) groups is 1. The van der Waals surface area contributed by atoms with Crippen LogP contribution in [0.2, 0.25) is 0 Å². The summed E-state index contributed by atoms with van der Waals surface area (Å²) in [4.78, 5) is 14.3. The number of benzene rings is 2. The molecule has 1 fully saturated rings. The number of nitrogens with one attached hydrogen (secondary N) is 1. The molecule has 1 atom stereocenters. The van der Waals surface area contributed by atoms with Gasteiger partial charge in [-0.3, -0.25) is 4.79 Å². The Labute approximate surface area is 170 Å². The molecule has 1 amide bonds. The predicted molar refractivity (Wildman–Crippen MR) is 111 cm³/mol. The monoisotopic (exact) mass is 401 g/mol. The Balaban J connectivity index is 1.72. The van der Waals surface area contributed by atoms with Crippen LogP contribution in [0.5, 0.6) is 5.75 Å². The molecule has 2 N–H and O–H groups in total. The fourth-order valence-electron chi connectivity index (χ4n) is 3.58. The topological polar surface area (TPSA) is 67.8 Å². The van der Waals surface area contributed by atoms with Crippen molar-refractivity contribution in [1.82, 2.24) is 5.32 Å². The molecule has 1 heterocycles. The summed E-state index contributed by atoms with van der Waals surface area (Å²) < 4.78 is 10.7. The zero-order valence-electron chi connectivity index (χ0n) is 16.3. The van der Waals surface area contributed by atoms with E-state index in [4.69, 9.17) is 9.47 Å². The normalized spacial score (nSPS) is 17.0. The van der Waals surface area contributed by atoms with Gasteiger partial charge in [-0.25, -0.2) is 0 Å². The van der Waals surface area contributed by atoms with Crippen LogP contribution in [0.4, 0.5) is 0 Å². The number of hydrogen-bond acceptors (Lipinski definition) is 5. The van der Waals surface area contributed by atoms with Gasteiger partial charge in [0, 0.05) is 24.7 Å². The Kier molecular flexibility index (Phi) is 6.99. The average Bonchev–Trinajstić information content (AvgIpc) is 2.77. The summed E-state index contributed by atoms with van der Waals surface area (Å²) in [7, 11) is 1.62. The minimum atomic E-state index is -0.743. The van der Waals surface area contributed by atoms with Crippen molar-refractivity contribution < 1.29 is 19.4 Å². The Morgan fingerprint density at radius 2 is 1.82 bits per heavy atom. The van der Waals surface area contributed by atoms with Crippen LogP contribution in [0.3, 0.4) is 0 Å². The molecule has 0 aromatic heterocycles. The highest BCUT2D eigenvalue weighted by atomic mass is 32.2. The zero-order chi connectivity index (χ0) is 20.0. The summed E-state index contributed by atoms with van der Waals surface area (Å²) in [5.74, 6) is 0.691. The first-order chi connectivity index (χ1) is 13.6. The number of amides is 1. The maximum Gasteiger partial charge on any atom is 0.230 e. The van der Waals surface area contributed by atoms with E-state index >= 15 is 0 Å². The van der Waals surface area contributed by atoms with Crippen molar-refractivity contribution in [1.29, 1.82) is 0 Å². The van der Waals surface area contributed by atoms with E-state index in [-0.39, 0.29) is 12.5 Å². The molecule has 0 bridgehead atoms. The largest absolute Gasteiger partial charge is 0.497 e. The molecular formula is C22H27NO4S. The highest BCUT2D eigenvalue weighted by molar-refractivity contribution is 7.98. The number of hydrogen-bond donors (Lipinski definition) is 2. The van der Waals surface area contributed by atoms with E-state index in [0.29, 0.717) is 26.1 Å². The lowest BCUT2D eigenvalue weighted by Gasteiger charge is -2.36. The molecule has 5 nitrogen and oxygen atoms in total. The van der Waals surface area contributed by atoms with Crippen LogP contribution < -0.4 is 10.1 Å². The highest BCUT2D eigenvalue weighted by Crippen LogP contribution is 2.36. The van der Waals surface area contributed by atoms with E-state index in [9.17, 15) is 9.90 Å². The molecule has 0 saturated carbocycles. The molecule has 2 aromatic carbocycles. The molecule has 1 unspecified atom stereocenters. The average molecular weight is 402 g/mol. The van der Waals surface area contributed by atoms with E-state index < -0.39 is 11.5 Å². The van der Waals surface area contributed by atoms with Gasteiger partial charge in [-0.05, 0) is 54.5 Å². The van der Waals surface area contributed by atoms with Crippen molar-refractivity contribution in [2.75, 3.05) is 33.1 Å². The molecule has 28 heavy (non-hydrogen) atoms. The molecule has 1 saturated heterocycles. The Morgan fingerprint density at radius 1 is 1.18 bits per heavy atom. The van der Waals surface area contributed by atoms with Gasteiger partial charge < -0.3 is 19.9 Å². The van der Waals surface area contributed by atoms with Crippen LogP contribution >= 0.6 is 11.8 Å². The first-order valence-corrected chi connectivity index (χ1v) is 10.6. The van der Waals surface area contributed by atoms with E-state index in [1.54, 1.807) is 18.9 Å². The number of aliphatic hydroxyl groups excluding tert-OH is 1. The van der Waals surface area contributed by atoms with Gasteiger partial charge >= 0.3 is 0 Å². The lowest BCUT2D eigenvalue weighted by molar-refractivity contribution is -0.131. The molecule has 1 aliphatic rings. The first kappa shape index (κ1) is 20.7. The maximum absolute atomic E-state index is 13.2. The lowest BCUT2D eigenvalue weighted by atomic mass is 9.73. The van der Waals surface area contributed by atoms with Gasteiger partial charge in [-0.15, -0.1) is 11.8 Å². The molecule has 0 radical (unpaired) electrons. The number of carbonyl (C=O) groups excluding carboxylic acids is 1. The molecule has 150 valence electrons. The summed E-state index contributed by atoms with van der Waals surface area (Å²) in [6.45, 7) is 1.26. The van der Waals surface area contributed by atoms with Crippen LogP contribution in [0.15, 0.2) is 53.4 Å². The SMILES string of the molecule is COc1ccc(C2(C(=O)NCC(O)c3ccc(SC)cc3)CCOCC2)cc1. The second kappa shape index (κ2) is 9.45. The minimum Gasteiger partial charge on any atom is -0.497 e. The third-order valence-electron chi connectivity index (χ3n) is 5.38. The van der Waals surface area contributed by atoms with E-state index in [1.165, 1.54) is 0 Å². The maximum atomic E-state index is 13.2. The molecular weight excluding hydrogens is 374 g/mol. The number of thioether (sulfide) groups is 1. The molecule has 0 spiro atoms. The molecule has 1 aliphatic heterocycles. The van der Waals surface area contributed by atoms with Gasteiger partial charge in [0.2, 0.25) is 5.91 Å². The van der Waals surface area contributed by atoms with Gasteiger partial charge in [0.25, 0.3) is 0 Å². The molecule has 6 heteroatoms. The van der Waals surface area contributed by atoms with Crippen LogP contribution in [0, 0.1) is 0 Å². The van der Waals surface area contributed by atoms with Crippen molar-refractivity contribution >= 4 is 17.7 Å². The summed E-state index contributed by atoms with van der Waals surface area (Å²) in [5.41, 5.74) is 1.10. The van der Waals surface area contributed by atoms with Gasteiger partial charge in [-0.2, -0.15) is 0 Å². The van der Waals surface area contributed by atoms with Crippen LogP contribution in [0.1, 0.15) is 30.1 Å². The second-order valence-electron chi connectivity index (χ2n) is 6.92. The predicted octanol–water partition coefficient (Wildman–Crippen LogP) is 3.32. The van der Waals surface area contributed by atoms with Crippen molar-refractivity contribution in [3.8, 4) is 5.75 Å². The Hall–Kier alpha value is -2.02. The Bertz CT molecular complexity index is 770. The van der Waals surface area contributed by atoms with Gasteiger partial charge in [0.1, 0.15) is 5.75 Å².